The van der Waals surface area contributed by atoms with E-state index in [2.05, 4.69) is 32.8 Å². The van der Waals surface area contributed by atoms with Crippen molar-refractivity contribution in [2.45, 2.75) is 19.8 Å². The van der Waals surface area contributed by atoms with Crippen LogP contribution in [0.1, 0.15) is 18.7 Å². The Labute approximate surface area is 94.1 Å². The summed E-state index contributed by atoms with van der Waals surface area (Å²) in [5.41, 5.74) is 3.43. The van der Waals surface area contributed by atoms with E-state index in [9.17, 15) is 0 Å². The van der Waals surface area contributed by atoms with Gasteiger partial charge in [0.2, 0.25) is 0 Å². The molecule has 0 aliphatic heterocycles. The zero-order valence-corrected chi connectivity index (χ0v) is 9.22. The summed E-state index contributed by atoms with van der Waals surface area (Å²) in [7, 11) is 0. The van der Waals surface area contributed by atoms with Crippen LogP contribution in [0.4, 0.5) is 0 Å². The monoisotopic (exact) mass is 211 g/mol. The molecule has 0 amide bonds. The maximum atomic E-state index is 4.52. The van der Waals surface area contributed by atoms with Crippen LogP contribution in [-0.4, -0.2) is 14.5 Å². The van der Waals surface area contributed by atoms with Crippen LogP contribution in [0, 0.1) is 6.92 Å². The lowest BCUT2D eigenvalue weighted by atomic mass is 10.1. The van der Waals surface area contributed by atoms with Crippen LogP contribution in [-0.2, 0) is 0 Å². The molecule has 1 aliphatic carbocycles. The third-order valence-corrected chi connectivity index (χ3v) is 2.90. The van der Waals surface area contributed by atoms with Crippen molar-refractivity contribution in [3.8, 4) is 0 Å². The smallest absolute Gasteiger partial charge is 0.111 e. The molecule has 0 unspecified atom stereocenters. The van der Waals surface area contributed by atoms with Crippen LogP contribution >= 0.6 is 0 Å². The number of rotatable bonds is 1. The first kappa shape index (κ1) is 9.33. The molecule has 3 heteroatoms. The van der Waals surface area contributed by atoms with E-state index in [0.717, 1.165) is 29.7 Å². The molecule has 80 valence electrons. The minimum atomic E-state index is 0.968. The number of nitrogens with zero attached hydrogens (tertiary/aromatic N) is 3. The Morgan fingerprint density at radius 1 is 1.38 bits per heavy atom. The third-order valence-electron chi connectivity index (χ3n) is 2.90. The molecule has 0 spiro atoms. The molecule has 0 radical (unpaired) electrons. The Morgan fingerprint density at radius 3 is 3.12 bits per heavy atom. The molecule has 0 saturated heterocycles. The van der Waals surface area contributed by atoms with E-state index in [4.69, 9.17) is 0 Å². The number of hydrogen-bond acceptors (Lipinski definition) is 2. The van der Waals surface area contributed by atoms with Crippen molar-refractivity contribution in [3.05, 3.63) is 42.5 Å². The van der Waals surface area contributed by atoms with Crippen molar-refractivity contribution in [1.82, 2.24) is 14.5 Å². The fourth-order valence-electron chi connectivity index (χ4n) is 2.19. The summed E-state index contributed by atoms with van der Waals surface area (Å²) in [6, 6.07) is 2.02. The molecule has 0 aromatic carbocycles. The number of fused-ring (bicyclic) bond motifs is 1. The Bertz CT molecular complexity index is 590. The van der Waals surface area contributed by atoms with Gasteiger partial charge < -0.3 is 4.57 Å². The largest absolute Gasteiger partial charge is 0.300 e. The van der Waals surface area contributed by atoms with Crippen molar-refractivity contribution in [3.63, 3.8) is 0 Å². The van der Waals surface area contributed by atoms with Gasteiger partial charge in [-0.3, -0.25) is 4.98 Å². The van der Waals surface area contributed by atoms with E-state index in [1.54, 1.807) is 0 Å². The lowest BCUT2D eigenvalue weighted by molar-refractivity contribution is 0.921. The van der Waals surface area contributed by atoms with Crippen molar-refractivity contribution in [1.29, 1.82) is 0 Å². The van der Waals surface area contributed by atoms with Crippen molar-refractivity contribution >= 4 is 16.7 Å². The van der Waals surface area contributed by atoms with E-state index in [0.29, 0.717) is 0 Å². The van der Waals surface area contributed by atoms with Crippen LogP contribution in [0.3, 0.4) is 0 Å². The van der Waals surface area contributed by atoms with Crippen molar-refractivity contribution < 1.29 is 0 Å². The number of allylic oxidation sites excluding steroid dienone is 4. The first-order valence-electron chi connectivity index (χ1n) is 5.51. The van der Waals surface area contributed by atoms with Crippen LogP contribution in [0.5, 0.6) is 0 Å². The Hall–Kier alpha value is -1.90. The van der Waals surface area contributed by atoms with E-state index in [1.165, 1.54) is 5.70 Å². The molecule has 2 heterocycles. The molecule has 0 atom stereocenters. The van der Waals surface area contributed by atoms with E-state index in [1.807, 2.05) is 25.4 Å². The molecule has 2 aromatic rings. The standard InChI is InChI=1S/C13H13N3/c1-10-15-12-9-14-8-7-13(12)16(10)11-5-3-2-4-6-11/h2-3,5,7-9H,4,6H2,1H3. The van der Waals surface area contributed by atoms with Gasteiger partial charge in [0.15, 0.2) is 0 Å². The van der Waals surface area contributed by atoms with Crippen LogP contribution in [0.2, 0.25) is 0 Å². The predicted molar refractivity (Wildman–Crippen MR) is 64.9 cm³/mol. The summed E-state index contributed by atoms with van der Waals surface area (Å²) in [6.45, 7) is 2.04. The molecule has 0 N–H and O–H groups in total. The fourth-order valence-corrected chi connectivity index (χ4v) is 2.19. The first-order valence-corrected chi connectivity index (χ1v) is 5.51. The molecule has 16 heavy (non-hydrogen) atoms. The Morgan fingerprint density at radius 2 is 2.31 bits per heavy atom. The average molecular weight is 211 g/mol. The summed E-state index contributed by atoms with van der Waals surface area (Å²) in [6.07, 6.45) is 12.3. The second kappa shape index (κ2) is 3.59. The maximum Gasteiger partial charge on any atom is 0.111 e. The summed E-state index contributed by atoms with van der Waals surface area (Å²) in [4.78, 5) is 8.63. The van der Waals surface area contributed by atoms with Crippen molar-refractivity contribution in [2.75, 3.05) is 0 Å². The zero-order chi connectivity index (χ0) is 11.0. The summed E-state index contributed by atoms with van der Waals surface area (Å²) >= 11 is 0. The van der Waals surface area contributed by atoms with Gasteiger partial charge in [-0.15, -0.1) is 0 Å². The Balaban J connectivity index is 2.26. The van der Waals surface area contributed by atoms with Gasteiger partial charge in [-0.1, -0.05) is 12.2 Å². The van der Waals surface area contributed by atoms with E-state index < -0.39 is 0 Å². The van der Waals surface area contributed by atoms with Gasteiger partial charge in [0.25, 0.3) is 0 Å². The number of hydrogen-bond donors (Lipinski definition) is 0. The molecule has 3 nitrogen and oxygen atoms in total. The molecule has 0 saturated carbocycles. The molecular formula is C13H13N3. The molecule has 0 bridgehead atoms. The number of aryl methyl sites for hydroxylation is 1. The van der Waals surface area contributed by atoms with E-state index in [-0.39, 0.29) is 0 Å². The molecule has 3 rings (SSSR count). The van der Waals surface area contributed by atoms with Gasteiger partial charge in [-0.05, 0) is 31.9 Å². The minimum Gasteiger partial charge on any atom is -0.300 e. The zero-order valence-electron chi connectivity index (χ0n) is 9.22. The SMILES string of the molecule is Cc1nc2cnccc2n1C1=CC=CCC1. The highest BCUT2D eigenvalue weighted by Gasteiger charge is 2.11. The molecule has 0 fully saturated rings. The van der Waals surface area contributed by atoms with Gasteiger partial charge >= 0.3 is 0 Å². The maximum absolute atomic E-state index is 4.52. The number of pyridine rings is 1. The van der Waals surface area contributed by atoms with Crippen LogP contribution < -0.4 is 0 Å². The van der Waals surface area contributed by atoms with Gasteiger partial charge in [0, 0.05) is 11.9 Å². The lowest BCUT2D eigenvalue weighted by Gasteiger charge is -2.12. The van der Waals surface area contributed by atoms with Gasteiger partial charge in [-0.2, -0.15) is 0 Å². The fraction of sp³-hybridized carbons (Fsp3) is 0.231. The molecule has 2 aromatic heterocycles. The highest BCUT2D eigenvalue weighted by atomic mass is 15.1. The average Bonchev–Trinajstić information content (AvgIpc) is 2.66. The van der Waals surface area contributed by atoms with E-state index >= 15 is 0 Å². The minimum absolute atomic E-state index is 0.968. The second-order valence-corrected chi connectivity index (χ2v) is 3.98. The first-order chi connectivity index (χ1) is 7.86. The highest BCUT2D eigenvalue weighted by Crippen LogP contribution is 2.24. The van der Waals surface area contributed by atoms with Gasteiger partial charge in [-0.25, -0.2) is 4.98 Å². The number of imidazole rings is 1. The second-order valence-electron chi connectivity index (χ2n) is 3.98. The van der Waals surface area contributed by atoms with Crippen LogP contribution in [0.15, 0.2) is 36.7 Å². The van der Waals surface area contributed by atoms with Gasteiger partial charge in [0.05, 0.1) is 11.7 Å². The van der Waals surface area contributed by atoms with Crippen LogP contribution in [0.25, 0.3) is 16.7 Å². The topological polar surface area (TPSA) is 30.7 Å². The molecule has 1 aliphatic rings. The summed E-state index contributed by atoms with van der Waals surface area (Å²) in [5.74, 6) is 1.03. The lowest BCUT2D eigenvalue weighted by Crippen LogP contribution is -2.01. The highest BCUT2D eigenvalue weighted by molar-refractivity contribution is 5.79. The number of aromatic nitrogens is 3. The molecular weight excluding hydrogens is 198 g/mol. The summed E-state index contributed by atoms with van der Waals surface area (Å²) < 4.78 is 2.22. The summed E-state index contributed by atoms with van der Waals surface area (Å²) in [5, 5.41) is 0. The van der Waals surface area contributed by atoms with Gasteiger partial charge in [0.1, 0.15) is 11.3 Å². The third kappa shape index (κ3) is 1.36. The normalized spacial score (nSPS) is 15.4. The van der Waals surface area contributed by atoms with Crippen molar-refractivity contribution in [2.24, 2.45) is 0 Å². The Kier molecular flexibility index (Phi) is 2.10. The predicted octanol–water partition coefficient (Wildman–Crippen LogP) is 2.93. The quantitative estimate of drug-likeness (QED) is 0.726.